The summed E-state index contributed by atoms with van der Waals surface area (Å²) in [5.41, 5.74) is 1.87. The van der Waals surface area contributed by atoms with Gasteiger partial charge in [0, 0.05) is 19.0 Å². The predicted octanol–water partition coefficient (Wildman–Crippen LogP) is 2.36. The van der Waals surface area contributed by atoms with E-state index in [9.17, 15) is 8.42 Å². The van der Waals surface area contributed by atoms with Gasteiger partial charge in [-0.2, -0.15) is 0 Å². The van der Waals surface area contributed by atoms with Gasteiger partial charge in [-0.15, -0.1) is 24.0 Å². The molecule has 136 valence electrons. The van der Waals surface area contributed by atoms with Crippen LogP contribution in [0, 0.1) is 0 Å². The van der Waals surface area contributed by atoms with E-state index in [1.807, 2.05) is 25.1 Å². The molecule has 1 aromatic carbocycles. The molecule has 2 aromatic rings. The first-order valence-corrected chi connectivity index (χ1v) is 9.59. The average Bonchev–Trinajstić information content (AvgIpc) is 2.58. The van der Waals surface area contributed by atoms with Gasteiger partial charge < -0.3 is 10.6 Å². The summed E-state index contributed by atoms with van der Waals surface area (Å²) in [6, 6.07) is 12.5. The number of sulfone groups is 1. The van der Waals surface area contributed by atoms with Crippen molar-refractivity contribution >= 4 is 39.8 Å². The highest BCUT2D eigenvalue weighted by atomic mass is 127. The molecule has 0 radical (unpaired) electrons. The number of rotatable bonds is 6. The molecular formula is C17H23IN4O2S. The molecule has 1 heterocycles. The van der Waals surface area contributed by atoms with Gasteiger partial charge in [-0.05, 0) is 36.8 Å². The second-order valence-corrected chi connectivity index (χ2v) is 7.30. The fraction of sp³-hybridized carbons (Fsp3) is 0.294. The average molecular weight is 474 g/mol. The van der Waals surface area contributed by atoms with E-state index in [0.717, 1.165) is 17.8 Å². The molecule has 2 rings (SSSR count). The van der Waals surface area contributed by atoms with Crippen LogP contribution in [0.2, 0.25) is 0 Å². The molecule has 0 atom stereocenters. The molecule has 25 heavy (non-hydrogen) atoms. The Morgan fingerprint density at radius 3 is 2.40 bits per heavy atom. The summed E-state index contributed by atoms with van der Waals surface area (Å²) in [5, 5.41) is 6.40. The molecule has 0 bridgehead atoms. The molecule has 2 N–H and O–H groups in total. The number of hydrogen-bond donors (Lipinski definition) is 2. The first kappa shape index (κ1) is 21.4. The molecule has 0 fully saturated rings. The van der Waals surface area contributed by atoms with Crippen molar-refractivity contribution in [3.05, 3.63) is 59.9 Å². The molecule has 0 saturated carbocycles. The normalized spacial score (nSPS) is 11.5. The topological polar surface area (TPSA) is 83.5 Å². The summed E-state index contributed by atoms with van der Waals surface area (Å²) < 4.78 is 22.9. The van der Waals surface area contributed by atoms with Gasteiger partial charge in [0.1, 0.15) is 0 Å². The van der Waals surface area contributed by atoms with Crippen LogP contribution in [0.3, 0.4) is 0 Å². The summed E-state index contributed by atoms with van der Waals surface area (Å²) >= 11 is 0. The Balaban J connectivity index is 0.00000312. The molecule has 8 heteroatoms. The van der Waals surface area contributed by atoms with Gasteiger partial charge in [-0.25, -0.2) is 13.4 Å². The number of halogens is 1. The van der Waals surface area contributed by atoms with Crippen LogP contribution in [0.1, 0.15) is 18.2 Å². The number of nitrogens with zero attached hydrogens (tertiary/aromatic N) is 2. The van der Waals surface area contributed by atoms with Crippen LogP contribution in [0.5, 0.6) is 0 Å². The Labute approximate surface area is 166 Å². The maximum absolute atomic E-state index is 11.5. The molecule has 0 spiro atoms. The summed E-state index contributed by atoms with van der Waals surface area (Å²) in [4.78, 5) is 9.08. The molecule has 0 amide bonds. The van der Waals surface area contributed by atoms with E-state index in [2.05, 4.69) is 20.6 Å². The minimum Gasteiger partial charge on any atom is -0.357 e. The molecule has 1 aromatic heterocycles. The fourth-order valence-corrected chi connectivity index (χ4v) is 2.66. The van der Waals surface area contributed by atoms with E-state index >= 15 is 0 Å². The van der Waals surface area contributed by atoms with Crippen molar-refractivity contribution in [2.45, 2.75) is 24.9 Å². The zero-order chi connectivity index (χ0) is 17.4. The SMILES string of the molecule is CCNC(=NCc1ccc(S(C)(=O)=O)cc1)NCc1ccccn1.I. The molecule has 0 aliphatic heterocycles. The smallest absolute Gasteiger partial charge is 0.191 e. The zero-order valence-electron chi connectivity index (χ0n) is 14.3. The maximum Gasteiger partial charge on any atom is 0.191 e. The van der Waals surface area contributed by atoms with Gasteiger partial charge in [-0.1, -0.05) is 18.2 Å². The molecule has 0 saturated heterocycles. The number of pyridine rings is 1. The number of aliphatic imine (C=N–C) groups is 1. The summed E-state index contributed by atoms with van der Waals surface area (Å²) in [5.74, 6) is 0.690. The van der Waals surface area contributed by atoms with Crippen molar-refractivity contribution in [1.82, 2.24) is 15.6 Å². The van der Waals surface area contributed by atoms with Crippen LogP contribution < -0.4 is 10.6 Å². The van der Waals surface area contributed by atoms with Gasteiger partial charge in [-0.3, -0.25) is 4.98 Å². The van der Waals surface area contributed by atoms with Crippen molar-refractivity contribution in [3.8, 4) is 0 Å². The lowest BCUT2D eigenvalue weighted by atomic mass is 10.2. The fourth-order valence-electron chi connectivity index (χ4n) is 2.03. The number of benzene rings is 1. The summed E-state index contributed by atoms with van der Waals surface area (Å²) in [6.07, 6.45) is 2.95. The lowest BCUT2D eigenvalue weighted by Gasteiger charge is -2.11. The van der Waals surface area contributed by atoms with Crippen LogP contribution in [0.4, 0.5) is 0 Å². The van der Waals surface area contributed by atoms with E-state index in [1.165, 1.54) is 6.26 Å². The Kier molecular flexibility index (Phi) is 8.84. The van der Waals surface area contributed by atoms with E-state index in [0.29, 0.717) is 23.9 Å². The van der Waals surface area contributed by atoms with E-state index in [4.69, 9.17) is 0 Å². The Bertz CT molecular complexity index is 778. The lowest BCUT2D eigenvalue weighted by molar-refractivity contribution is 0.602. The summed E-state index contributed by atoms with van der Waals surface area (Å²) in [7, 11) is -3.17. The van der Waals surface area contributed by atoms with Gasteiger partial charge in [0.15, 0.2) is 15.8 Å². The lowest BCUT2D eigenvalue weighted by Crippen LogP contribution is -2.36. The highest BCUT2D eigenvalue weighted by Crippen LogP contribution is 2.10. The first-order chi connectivity index (χ1) is 11.5. The van der Waals surface area contributed by atoms with E-state index in [1.54, 1.807) is 30.5 Å². The molecule has 6 nitrogen and oxygen atoms in total. The van der Waals surface area contributed by atoms with Crippen molar-refractivity contribution in [2.75, 3.05) is 12.8 Å². The van der Waals surface area contributed by atoms with Crippen molar-refractivity contribution in [1.29, 1.82) is 0 Å². The van der Waals surface area contributed by atoms with Gasteiger partial charge in [0.05, 0.1) is 23.7 Å². The largest absolute Gasteiger partial charge is 0.357 e. The monoisotopic (exact) mass is 474 g/mol. The Morgan fingerprint density at radius 1 is 1.12 bits per heavy atom. The van der Waals surface area contributed by atoms with Gasteiger partial charge >= 0.3 is 0 Å². The summed E-state index contributed by atoms with van der Waals surface area (Å²) in [6.45, 7) is 3.79. The van der Waals surface area contributed by atoms with E-state index < -0.39 is 9.84 Å². The van der Waals surface area contributed by atoms with Crippen LogP contribution in [0.15, 0.2) is 58.5 Å². The van der Waals surface area contributed by atoms with Crippen molar-refractivity contribution < 1.29 is 8.42 Å². The number of guanidine groups is 1. The van der Waals surface area contributed by atoms with Gasteiger partial charge in [0.2, 0.25) is 0 Å². The van der Waals surface area contributed by atoms with Crippen LogP contribution >= 0.6 is 24.0 Å². The Morgan fingerprint density at radius 2 is 1.84 bits per heavy atom. The third-order valence-corrected chi connectivity index (χ3v) is 4.41. The van der Waals surface area contributed by atoms with Gasteiger partial charge in [0.25, 0.3) is 0 Å². The van der Waals surface area contributed by atoms with Crippen LogP contribution in [-0.4, -0.2) is 32.2 Å². The van der Waals surface area contributed by atoms with E-state index in [-0.39, 0.29) is 24.0 Å². The standard InChI is InChI=1S/C17H22N4O2S.HI/c1-3-18-17(21-13-15-6-4-5-11-19-15)20-12-14-7-9-16(10-8-14)24(2,22)23;/h4-11H,3,12-13H2,1-2H3,(H2,18,20,21);1H. The molecule has 0 aliphatic rings. The molecule has 0 unspecified atom stereocenters. The Hall–Kier alpha value is -1.68. The quantitative estimate of drug-likeness (QED) is 0.382. The van der Waals surface area contributed by atoms with Crippen LogP contribution in [0.25, 0.3) is 0 Å². The number of hydrogen-bond acceptors (Lipinski definition) is 4. The third-order valence-electron chi connectivity index (χ3n) is 3.28. The highest BCUT2D eigenvalue weighted by molar-refractivity contribution is 14.0. The highest BCUT2D eigenvalue weighted by Gasteiger charge is 2.06. The minimum absolute atomic E-state index is 0. The maximum atomic E-state index is 11.5. The second kappa shape index (κ2) is 10.3. The van der Waals surface area contributed by atoms with Crippen molar-refractivity contribution in [3.63, 3.8) is 0 Å². The van der Waals surface area contributed by atoms with Crippen molar-refractivity contribution in [2.24, 2.45) is 4.99 Å². The van der Waals surface area contributed by atoms with Crippen LogP contribution in [-0.2, 0) is 22.9 Å². The predicted molar refractivity (Wildman–Crippen MR) is 111 cm³/mol. The molecule has 0 aliphatic carbocycles. The second-order valence-electron chi connectivity index (χ2n) is 5.29. The minimum atomic E-state index is -3.17. The number of aromatic nitrogens is 1. The number of nitrogens with one attached hydrogen (secondary N) is 2. The zero-order valence-corrected chi connectivity index (χ0v) is 17.4. The first-order valence-electron chi connectivity index (χ1n) is 7.70. The third kappa shape index (κ3) is 7.39. The molecular weight excluding hydrogens is 451 g/mol.